The van der Waals surface area contributed by atoms with Crippen molar-refractivity contribution < 1.29 is 33.4 Å². The molecule has 0 N–H and O–H groups in total. The van der Waals surface area contributed by atoms with Gasteiger partial charge in [-0.15, -0.1) is 0 Å². The molecule has 6 unspecified atom stereocenters. The normalized spacial score (nSPS) is 34.6. The Hall–Kier alpha value is -2.40. The first-order valence-corrected chi connectivity index (χ1v) is 9.58. The van der Waals surface area contributed by atoms with E-state index in [9.17, 15) is 9.59 Å². The van der Waals surface area contributed by atoms with Crippen molar-refractivity contribution in [1.82, 2.24) is 0 Å². The molecule has 1 aliphatic heterocycles. The highest BCUT2D eigenvalue weighted by Crippen LogP contribution is 2.70. The molecule has 0 aromatic carbocycles. The van der Waals surface area contributed by atoms with E-state index in [4.69, 9.17) is 23.8 Å². The Bertz CT molecular complexity index is 689. The predicted molar refractivity (Wildman–Crippen MR) is 97.3 cm³/mol. The minimum atomic E-state index is -0.582. The first-order chi connectivity index (χ1) is 13.3. The Kier molecular flexibility index (Phi) is 6.83. The van der Waals surface area contributed by atoms with Crippen LogP contribution < -0.4 is 0 Å². The van der Waals surface area contributed by atoms with Crippen LogP contribution >= 0.6 is 0 Å². The fraction of sp³-hybridized carbons (Fsp3) is 0.667. The third kappa shape index (κ3) is 3.39. The maximum Gasteiger partial charge on any atom is 0.373 e. The summed E-state index contributed by atoms with van der Waals surface area (Å²) in [6, 6.07) is 0. The van der Waals surface area contributed by atoms with E-state index in [0.717, 1.165) is 12.2 Å². The fourth-order valence-corrected chi connectivity index (χ4v) is 5.64. The number of hydrogen-bond donors (Lipinski definition) is 0. The van der Waals surface area contributed by atoms with Crippen LogP contribution in [0.15, 0.2) is 24.5 Å². The molecular weight excluding hydrogens is 364 g/mol. The Morgan fingerprint density at radius 1 is 1.32 bits per heavy atom. The summed E-state index contributed by atoms with van der Waals surface area (Å²) in [6.45, 7) is 12.3. The number of carbonyl (C=O) groups excluding carboxylic acids is 4. The van der Waals surface area contributed by atoms with Crippen molar-refractivity contribution in [1.29, 1.82) is 0 Å². The van der Waals surface area contributed by atoms with Gasteiger partial charge in [0.25, 0.3) is 0 Å². The number of allylic oxidation sites excluding steroid dienone is 2. The van der Waals surface area contributed by atoms with E-state index in [1.165, 1.54) is 6.08 Å². The van der Waals surface area contributed by atoms with Gasteiger partial charge in [-0.05, 0) is 31.1 Å². The molecular formula is C21H28O7. The zero-order valence-corrected chi connectivity index (χ0v) is 16.8. The van der Waals surface area contributed by atoms with Crippen LogP contribution in [0.4, 0.5) is 0 Å². The number of hydrogen-bond acceptors (Lipinski definition) is 7. The summed E-state index contributed by atoms with van der Waals surface area (Å²) in [5.41, 5.74) is -0.582. The van der Waals surface area contributed by atoms with Gasteiger partial charge in [-0.25, -0.2) is 4.79 Å². The molecule has 3 aliphatic rings. The number of carbonyl (C=O) groups is 2. The van der Waals surface area contributed by atoms with Gasteiger partial charge in [-0.3, -0.25) is 4.79 Å². The van der Waals surface area contributed by atoms with E-state index in [0.29, 0.717) is 11.8 Å². The van der Waals surface area contributed by atoms with Crippen LogP contribution in [0.25, 0.3) is 0 Å². The maximum absolute atomic E-state index is 13.2. The van der Waals surface area contributed by atoms with Crippen LogP contribution in [-0.4, -0.2) is 37.4 Å². The largest absolute Gasteiger partial charge is 0.494 e. The molecule has 0 amide bonds. The summed E-state index contributed by atoms with van der Waals surface area (Å²) < 4.78 is 16.6. The second-order valence-corrected chi connectivity index (χ2v) is 7.87. The van der Waals surface area contributed by atoms with Crippen LogP contribution in [0.2, 0.25) is 0 Å². The quantitative estimate of drug-likeness (QED) is 0.389. The number of rotatable bonds is 6. The summed E-state index contributed by atoms with van der Waals surface area (Å²) in [5, 5.41) is 0. The van der Waals surface area contributed by atoms with Gasteiger partial charge in [0.15, 0.2) is 0 Å². The molecule has 7 nitrogen and oxygen atoms in total. The van der Waals surface area contributed by atoms with E-state index in [-0.39, 0.29) is 49.2 Å². The lowest BCUT2D eigenvalue weighted by Gasteiger charge is -2.44. The highest BCUT2D eigenvalue weighted by Gasteiger charge is 2.74. The summed E-state index contributed by atoms with van der Waals surface area (Å²) in [6.07, 6.45) is 4.40. The lowest BCUT2D eigenvalue weighted by Crippen LogP contribution is -2.51. The molecule has 0 radical (unpaired) electrons. The monoisotopic (exact) mass is 392 g/mol. The van der Waals surface area contributed by atoms with Gasteiger partial charge < -0.3 is 14.2 Å². The lowest BCUT2D eigenvalue weighted by atomic mass is 9.57. The lowest BCUT2D eigenvalue weighted by molar-refractivity contribution is -0.191. The van der Waals surface area contributed by atoms with Crippen molar-refractivity contribution in [3.05, 3.63) is 24.5 Å². The highest BCUT2D eigenvalue weighted by molar-refractivity contribution is 5.82. The average Bonchev–Trinajstić information content (AvgIpc) is 3.22. The van der Waals surface area contributed by atoms with Crippen molar-refractivity contribution >= 4 is 18.1 Å². The van der Waals surface area contributed by atoms with Gasteiger partial charge in [0.2, 0.25) is 0 Å². The zero-order chi connectivity index (χ0) is 21.1. The molecule has 0 spiro atoms. The number of esters is 2. The predicted octanol–water partition coefficient (Wildman–Crippen LogP) is 2.52. The Balaban J connectivity index is 0.000000878. The Morgan fingerprint density at radius 2 is 1.93 bits per heavy atom. The van der Waals surface area contributed by atoms with Crippen LogP contribution in [0, 0.1) is 35.0 Å². The second kappa shape index (κ2) is 8.74. The molecule has 2 aliphatic carbocycles. The molecule has 3 rings (SSSR count). The summed E-state index contributed by atoms with van der Waals surface area (Å²) in [5.74, 6) is 1.24. The molecule has 1 saturated heterocycles. The molecule has 28 heavy (non-hydrogen) atoms. The van der Waals surface area contributed by atoms with Gasteiger partial charge in [0, 0.05) is 17.9 Å². The molecule has 154 valence electrons. The Morgan fingerprint density at radius 3 is 2.50 bits per heavy atom. The molecule has 3 fully saturated rings. The highest BCUT2D eigenvalue weighted by atomic mass is 16.6. The molecule has 2 saturated carbocycles. The first kappa shape index (κ1) is 21.9. The fourth-order valence-electron chi connectivity index (χ4n) is 5.64. The third-order valence-corrected chi connectivity index (χ3v) is 6.46. The van der Waals surface area contributed by atoms with Crippen molar-refractivity contribution in [2.24, 2.45) is 35.0 Å². The number of fused-ring (bicyclic) bond motifs is 1. The van der Waals surface area contributed by atoms with Crippen LogP contribution in [0.5, 0.6) is 0 Å². The second-order valence-electron chi connectivity index (χ2n) is 7.87. The molecule has 1 heterocycles. The number of ether oxygens (including phenoxy) is 3. The van der Waals surface area contributed by atoms with Gasteiger partial charge in [0.05, 0.1) is 11.2 Å². The Labute approximate surface area is 165 Å². The topological polar surface area (TPSA) is 96.0 Å². The van der Waals surface area contributed by atoms with Crippen LogP contribution in [0.1, 0.15) is 34.1 Å². The van der Waals surface area contributed by atoms with Crippen LogP contribution in [-0.2, 0) is 33.4 Å². The van der Waals surface area contributed by atoms with E-state index >= 15 is 0 Å². The van der Waals surface area contributed by atoms with Crippen molar-refractivity contribution in [2.75, 3.05) is 13.2 Å². The minimum absolute atomic E-state index is 0.0387. The third-order valence-electron chi connectivity index (χ3n) is 6.46. The van der Waals surface area contributed by atoms with Gasteiger partial charge in [-0.1, -0.05) is 33.4 Å². The van der Waals surface area contributed by atoms with Gasteiger partial charge in [0.1, 0.15) is 19.3 Å². The summed E-state index contributed by atoms with van der Waals surface area (Å²) >= 11 is 0. The molecule has 2 bridgehead atoms. The van der Waals surface area contributed by atoms with Gasteiger partial charge >= 0.3 is 18.1 Å². The summed E-state index contributed by atoms with van der Waals surface area (Å²) in [4.78, 5) is 40.8. The maximum atomic E-state index is 13.2. The van der Waals surface area contributed by atoms with E-state index in [1.807, 2.05) is 0 Å². The van der Waals surface area contributed by atoms with Crippen molar-refractivity contribution in [3.63, 3.8) is 0 Å². The smallest absolute Gasteiger partial charge is 0.373 e. The molecule has 0 aromatic heterocycles. The van der Waals surface area contributed by atoms with Crippen molar-refractivity contribution in [3.8, 4) is 0 Å². The summed E-state index contributed by atoms with van der Waals surface area (Å²) in [7, 11) is 0. The first-order valence-electron chi connectivity index (χ1n) is 9.58. The van der Waals surface area contributed by atoms with E-state index in [1.54, 1.807) is 13.0 Å². The van der Waals surface area contributed by atoms with Crippen LogP contribution in [0.3, 0.4) is 0 Å². The van der Waals surface area contributed by atoms with E-state index < -0.39 is 11.4 Å². The van der Waals surface area contributed by atoms with Crippen molar-refractivity contribution in [2.45, 2.75) is 40.2 Å². The average molecular weight is 392 g/mol. The SMILES string of the molecule is C=C1OC2C(C)C3CC2C1C3(C(=O)OCCOC(=O)/C=C/C)C(C)C.O=C=O. The molecule has 7 heteroatoms. The molecule has 6 atom stereocenters. The minimum Gasteiger partial charge on any atom is -0.494 e. The zero-order valence-electron chi connectivity index (χ0n) is 16.8. The van der Waals surface area contributed by atoms with Gasteiger partial charge in [-0.2, -0.15) is 9.59 Å². The van der Waals surface area contributed by atoms with E-state index in [2.05, 4.69) is 27.4 Å². The standard InChI is InChI=1S/C20H28O5.CO2/c1-6-7-16(21)23-8-9-24-19(22)20(11(2)3)15-10-14-17(20)13(5)25-18(14)12(15)4;2-1-3/h6-7,11-12,14-15,17-18H,5,8-10H2,1-4H3;/b7-6+;. The molecule has 0 aromatic rings.